The van der Waals surface area contributed by atoms with Crippen molar-refractivity contribution in [3.05, 3.63) is 29.6 Å². The van der Waals surface area contributed by atoms with Gasteiger partial charge in [-0.25, -0.2) is 4.39 Å². The first-order valence-corrected chi connectivity index (χ1v) is 7.17. The highest BCUT2D eigenvalue weighted by molar-refractivity contribution is 5.30. The molecule has 0 bridgehead atoms. The molecule has 1 unspecified atom stereocenters. The summed E-state index contributed by atoms with van der Waals surface area (Å²) in [6.07, 6.45) is 4.28. The second-order valence-corrected chi connectivity index (χ2v) is 5.89. The molecule has 0 radical (unpaired) electrons. The molecule has 1 N–H and O–H groups in total. The van der Waals surface area contributed by atoms with Gasteiger partial charge in [0, 0.05) is 12.0 Å². The molecule has 1 fully saturated rings. The van der Waals surface area contributed by atoms with Gasteiger partial charge < -0.3 is 14.7 Å². The van der Waals surface area contributed by atoms with Crippen LogP contribution in [0.4, 0.5) is 4.39 Å². The van der Waals surface area contributed by atoms with Crippen LogP contribution in [0.1, 0.15) is 31.2 Å². The minimum Gasteiger partial charge on any atom is -0.494 e. The van der Waals surface area contributed by atoms with Crippen molar-refractivity contribution in [3.63, 3.8) is 0 Å². The maximum Gasteiger partial charge on any atom is 0.165 e. The van der Waals surface area contributed by atoms with Gasteiger partial charge in [0.15, 0.2) is 11.6 Å². The van der Waals surface area contributed by atoms with E-state index in [1.807, 2.05) is 20.2 Å². The first-order chi connectivity index (χ1) is 9.49. The molecule has 0 aliphatic heterocycles. The van der Waals surface area contributed by atoms with E-state index < -0.39 is 6.10 Å². The molecule has 2 rings (SSSR count). The summed E-state index contributed by atoms with van der Waals surface area (Å²) in [5, 5.41) is 10.6. The van der Waals surface area contributed by atoms with Gasteiger partial charge in [0.25, 0.3) is 0 Å². The fourth-order valence-electron chi connectivity index (χ4n) is 3.32. The van der Waals surface area contributed by atoms with Gasteiger partial charge in [-0.05, 0) is 44.6 Å². The van der Waals surface area contributed by atoms with Crippen LogP contribution < -0.4 is 4.74 Å². The lowest BCUT2D eigenvalue weighted by Gasteiger charge is -2.40. The summed E-state index contributed by atoms with van der Waals surface area (Å²) >= 11 is 0. The van der Waals surface area contributed by atoms with Gasteiger partial charge in [0.2, 0.25) is 0 Å². The van der Waals surface area contributed by atoms with Crippen LogP contribution in [0.25, 0.3) is 0 Å². The minimum absolute atomic E-state index is 0.170. The van der Waals surface area contributed by atoms with Crippen molar-refractivity contribution in [2.24, 2.45) is 0 Å². The van der Waals surface area contributed by atoms with Gasteiger partial charge in [-0.3, -0.25) is 0 Å². The number of halogens is 1. The predicted molar refractivity (Wildman–Crippen MR) is 77.5 cm³/mol. The van der Waals surface area contributed by atoms with Gasteiger partial charge in [-0.2, -0.15) is 0 Å². The highest BCUT2D eigenvalue weighted by atomic mass is 19.1. The Morgan fingerprint density at radius 2 is 2.00 bits per heavy atom. The Morgan fingerprint density at radius 3 is 2.50 bits per heavy atom. The van der Waals surface area contributed by atoms with Crippen molar-refractivity contribution in [1.29, 1.82) is 0 Å². The fraction of sp³-hybridized carbons (Fsp3) is 0.625. The van der Waals surface area contributed by atoms with Crippen LogP contribution in [0.15, 0.2) is 18.2 Å². The van der Waals surface area contributed by atoms with Crippen LogP contribution in [-0.2, 0) is 6.42 Å². The number of aliphatic hydroxyl groups excluding tert-OH is 1. The van der Waals surface area contributed by atoms with Crippen LogP contribution in [-0.4, -0.2) is 42.9 Å². The Morgan fingerprint density at radius 1 is 1.35 bits per heavy atom. The van der Waals surface area contributed by atoms with Crippen LogP contribution in [0.5, 0.6) is 5.75 Å². The molecule has 3 nitrogen and oxygen atoms in total. The van der Waals surface area contributed by atoms with Crippen LogP contribution in [0.2, 0.25) is 0 Å². The highest BCUT2D eigenvalue weighted by Gasteiger charge is 2.42. The summed E-state index contributed by atoms with van der Waals surface area (Å²) in [7, 11) is 5.48. The standard InChI is InChI=1S/C16H24FNO2/c1-18(2)16(8-4-5-9-16)15(19)11-12-6-7-14(20-3)13(17)10-12/h6-7,10,15,19H,4-5,8-9,11H2,1-3H3. The first kappa shape index (κ1) is 15.3. The van der Waals surface area contributed by atoms with Gasteiger partial charge in [0.1, 0.15) is 0 Å². The zero-order chi connectivity index (χ0) is 14.8. The normalized spacial score (nSPS) is 19.3. The van der Waals surface area contributed by atoms with Crippen molar-refractivity contribution in [3.8, 4) is 5.75 Å². The third-order valence-electron chi connectivity index (χ3n) is 4.63. The molecule has 1 aromatic carbocycles. The van der Waals surface area contributed by atoms with E-state index in [4.69, 9.17) is 4.74 Å². The Kier molecular flexibility index (Phi) is 4.66. The maximum atomic E-state index is 13.7. The SMILES string of the molecule is COc1ccc(CC(O)C2(N(C)C)CCCC2)cc1F. The van der Waals surface area contributed by atoms with E-state index >= 15 is 0 Å². The van der Waals surface area contributed by atoms with Gasteiger partial charge in [-0.15, -0.1) is 0 Å². The summed E-state index contributed by atoms with van der Waals surface area (Å²) in [6.45, 7) is 0. The molecule has 0 saturated heterocycles. The Hall–Kier alpha value is -1.13. The quantitative estimate of drug-likeness (QED) is 0.900. The van der Waals surface area contributed by atoms with E-state index in [9.17, 15) is 9.50 Å². The Labute approximate surface area is 120 Å². The highest BCUT2D eigenvalue weighted by Crippen LogP contribution is 2.38. The molecule has 20 heavy (non-hydrogen) atoms. The van der Waals surface area contributed by atoms with E-state index in [0.717, 1.165) is 31.2 Å². The topological polar surface area (TPSA) is 32.7 Å². The lowest BCUT2D eigenvalue weighted by Crippen LogP contribution is -2.52. The maximum absolute atomic E-state index is 13.7. The van der Waals surface area contributed by atoms with Crippen LogP contribution in [0, 0.1) is 5.82 Å². The number of aliphatic hydroxyl groups is 1. The molecular formula is C16H24FNO2. The number of methoxy groups -OCH3 is 1. The number of ether oxygens (including phenoxy) is 1. The van der Waals surface area contributed by atoms with E-state index in [2.05, 4.69) is 4.90 Å². The third-order valence-corrected chi connectivity index (χ3v) is 4.63. The monoisotopic (exact) mass is 281 g/mol. The largest absolute Gasteiger partial charge is 0.494 e. The van der Waals surface area contributed by atoms with E-state index in [-0.39, 0.29) is 17.1 Å². The molecule has 1 atom stereocenters. The van der Waals surface area contributed by atoms with Gasteiger partial charge in [0.05, 0.1) is 13.2 Å². The minimum atomic E-state index is -0.479. The van der Waals surface area contributed by atoms with Crippen molar-refractivity contribution >= 4 is 0 Å². The molecule has 0 aromatic heterocycles. The molecule has 1 aliphatic carbocycles. The van der Waals surface area contributed by atoms with Crippen molar-refractivity contribution < 1.29 is 14.2 Å². The molecule has 1 aromatic rings. The first-order valence-electron chi connectivity index (χ1n) is 7.17. The van der Waals surface area contributed by atoms with Crippen molar-refractivity contribution in [1.82, 2.24) is 4.90 Å². The molecule has 4 heteroatoms. The number of rotatable bonds is 5. The number of likely N-dealkylation sites (N-methyl/N-ethyl adjacent to an activating group) is 1. The third kappa shape index (κ3) is 2.81. The zero-order valence-electron chi connectivity index (χ0n) is 12.5. The van der Waals surface area contributed by atoms with Crippen molar-refractivity contribution in [2.45, 2.75) is 43.7 Å². The lowest BCUT2D eigenvalue weighted by molar-refractivity contribution is -0.00254. The Balaban J connectivity index is 2.14. The molecule has 0 spiro atoms. The second kappa shape index (κ2) is 6.10. The lowest BCUT2D eigenvalue weighted by atomic mass is 9.85. The smallest absolute Gasteiger partial charge is 0.165 e. The second-order valence-electron chi connectivity index (χ2n) is 5.89. The van der Waals surface area contributed by atoms with Gasteiger partial charge >= 0.3 is 0 Å². The summed E-state index contributed by atoms with van der Waals surface area (Å²) in [5.74, 6) is -0.131. The van der Waals surface area contributed by atoms with E-state index in [1.165, 1.54) is 13.2 Å². The summed E-state index contributed by atoms with van der Waals surface area (Å²) in [6, 6.07) is 4.90. The molecule has 0 heterocycles. The molecule has 1 saturated carbocycles. The van der Waals surface area contributed by atoms with Crippen LogP contribution >= 0.6 is 0 Å². The zero-order valence-corrected chi connectivity index (χ0v) is 12.5. The van der Waals surface area contributed by atoms with Crippen LogP contribution in [0.3, 0.4) is 0 Å². The number of nitrogens with zero attached hydrogens (tertiary/aromatic N) is 1. The average molecular weight is 281 g/mol. The fourth-order valence-corrected chi connectivity index (χ4v) is 3.32. The van der Waals surface area contributed by atoms with E-state index in [1.54, 1.807) is 6.07 Å². The van der Waals surface area contributed by atoms with E-state index in [0.29, 0.717) is 6.42 Å². The molecule has 112 valence electrons. The van der Waals surface area contributed by atoms with Crippen molar-refractivity contribution in [2.75, 3.05) is 21.2 Å². The summed E-state index contributed by atoms with van der Waals surface area (Å²) < 4.78 is 18.6. The number of hydrogen-bond donors (Lipinski definition) is 1. The van der Waals surface area contributed by atoms with Gasteiger partial charge in [-0.1, -0.05) is 18.9 Å². The number of hydrogen-bond acceptors (Lipinski definition) is 3. The molecular weight excluding hydrogens is 257 g/mol. The summed E-state index contributed by atoms with van der Waals surface area (Å²) in [5.41, 5.74) is 0.639. The number of benzene rings is 1. The molecule has 1 aliphatic rings. The average Bonchev–Trinajstić information content (AvgIpc) is 2.89. The predicted octanol–water partition coefficient (Wildman–Crippen LogP) is 2.61. The molecule has 0 amide bonds. The Bertz CT molecular complexity index is 456. The summed E-state index contributed by atoms with van der Waals surface area (Å²) in [4.78, 5) is 2.13.